The molecule has 0 N–H and O–H groups in total. The highest BCUT2D eigenvalue weighted by Crippen LogP contribution is 2.30. The van der Waals surface area contributed by atoms with Gasteiger partial charge in [0.05, 0.1) is 6.54 Å². The largest absolute Gasteiger partial charge is 0.486 e. The predicted octanol–water partition coefficient (Wildman–Crippen LogP) is 3.06. The van der Waals surface area contributed by atoms with Gasteiger partial charge in [-0.05, 0) is 29.7 Å². The number of hydrogen-bond acceptors (Lipinski definition) is 4. The Labute approximate surface area is 133 Å². The zero-order valence-corrected chi connectivity index (χ0v) is 13.1. The molecule has 3 rings (SSSR count). The lowest BCUT2D eigenvalue weighted by Crippen LogP contribution is -2.41. The fraction of sp³-hybridized carbons (Fsp3) is 0.235. The summed E-state index contributed by atoms with van der Waals surface area (Å²) in [5.74, 6) is 1.44. The Hall–Kier alpha value is -2.27. The van der Waals surface area contributed by atoms with E-state index in [2.05, 4.69) is 0 Å². The fourth-order valence-corrected chi connectivity index (χ4v) is 2.83. The van der Waals surface area contributed by atoms with Crippen LogP contribution in [0.2, 0.25) is 0 Å². The van der Waals surface area contributed by atoms with Crippen molar-refractivity contribution in [3.05, 3.63) is 52.7 Å². The van der Waals surface area contributed by atoms with Crippen molar-refractivity contribution < 1.29 is 14.3 Å². The van der Waals surface area contributed by atoms with E-state index in [1.165, 1.54) is 0 Å². The third kappa shape index (κ3) is 3.49. The molecule has 0 bridgehead atoms. The lowest BCUT2D eigenvalue weighted by atomic mass is 10.2. The van der Waals surface area contributed by atoms with Crippen LogP contribution < -0.4 is 9.47 Å². The SMILES string of the molecule is CN(CC1COc2ccccc2O1)C(=O)C=Cc1cccs1. The van der Waals surface area contributed by atoms with Gasteiger partial charge in [-0.15, -0.1) is 11.3 Å². The van der Waals surface area contributed by atoms with E-state index in [0.29, 0.717) is 13.2 Å². The molecule has 1 unspecified atom stereocenters. The molecule has 2 aromatic rings. The monoisotopic (exact) mass is 315 g/mol. The maximum Gasteiger partial charge on any atom is 0.246 e. The first kappa shape index (κ1) is 14.7. The Kier molecular flexibility index (Phi) is 4.44. The lowest BCUT2D eigenvalue weighted by Gasteiger charge is -2.29. The molecule has 5 heteroatoms. The predicted molar refractivity (Wildman–Crippen MR) is 87.3 cm³/mol. The van der Waals surface area contributed by atoms with Gasteiger partial charge in [-0.25, -0.2) is 0 Å². The van der Waals surface area contributed by atoms with Crippen molar-refractivity contribution in [3.8, 4) is 11.5 Å². The number of para-hydroxylation sites is 2. The zero-order chi connectivity index (χ0) is 15.4. The van der Waals surface area contributed by atoms with E-state index in [9.17, 15) is 4.79 Å². The molecular formula is C17H17NO3S. The molecule has 1 aliphatic rings. The second-order valence-electron chi connectivity index (χ2n) is 5.07. The maximum atomic E-state index is 12.1. The summed E-state index contributed by atoms with van der Waals surface area (Å²) in [5, 5.41) is 1.98. The van der Waals surface area contributed by atoms with Crippen LogP contribution in [0.3, 0.4) is 0 Å². The number of nitrogens with zero attached hydrogens (tertiary/aromatic N) is 1. The minimum atomic E-state index is -0.154. The molecule has 0 aliphatic carbocycles. The smallest absolute Gasteiger partial charge is 0.246 e. The van der Waals surface area contributed by atoms with E-state index in [-0.39, 0.29) is 12.0 Å². The van der Waals surface area contributed by atoms with Crippen molar-refractivity contribution >= 4 is 23.3 Å². The normalized spacial score (nSPS) is 16.7. The standard InChI is InChI=1S/C17H17NO3S/c1-18(17(19)9-8-14-5-4-10-22-14)11-13-12-20-15-6-2-3-7-16(15)21-13/h2-10,13H,11-12H2,1H3. The quantitative estimate of drug-likeness (QED) is 0.814. The molecule has 0 saturated heterocycles. The van der Waals surface area contributed by atoms with Crippen LogP contribution in [0.15, 0.2) is 47.9 Å². The molecule has 0 spiro atoms. The number of benzene rings is 1. The van der Waals surface area contributed by atoms with Crippen molar-refractivity contribution in [2.24, 2.45) is 0 Å². The number of amides is 1. The first-order valence-corrected chi connectivity index (χ1v) is 7.95. The highest BCUT2D eigenvalue weighted by Gasteiger charge is 2.22. The summed E-state index contributed by atoms with van der Waals surface area (Å²) in [5.41, 5.74) is 0. The molecule has 1 atom stereocenters. The van der Waals surface area contributed by atoms with Gasteiger partial charge in [0, 0.05) is 18.0 Å². The van der Waals surface area contributed by atoms with Gasteiger partial charge in [0.1, 0.15) is 6.61 Å². The minimum absolute atomic E-state index is 0.0455. The molecule has 0 radical (unpaired) electrons. The average Bonchev–Trinajstić information content (AvgIpc) is 3.06. The Balaban J connectivity index is 1.56. The molecule has 0 fully saturated rings. The van der Waals surface area contributed by atoms with E-state index < -0.39 is 0 Å². The topological polar surface area (TPSA) is 38.8 Å². The molecule has 2 heterocycles. The van der Waals surface area contributed by atoms with E-state index in [1.54, 1.807) is 29.4 Å². The van der Waals surface area contributed by atoms with E-state index in [0.717, 1.165) is 16.4 Å². The lowest BCUT2D eigenvalue weighted by molar-refractivity contribution is -0.126. The summed E-state index contributed by atoms with van der Waals surface area (Å²) in [6, 6.07) is 11.5. The third-order valence-electron chi connectivity index (χ3n) is 3.35. The molecule has 1 aromatic heterocycles. The second kappa shape index (κ2) is 6.66. The van der Waals surface area contributed by atoms with Crippen molar-refractivity contribution in [1.29, 1.82) is 0 Å². The summed E-state index contributed by atoms with van der Waals surface area (Å²) in [7, 11) is 1.77. The molecule has 4 nitrogen and oxygen atoms in total. The summed E-state index contributed by atoms with van der Waals surface area (Å²) in [6.45, 7) is 0.936. The van der Waals surface area contributed by atoms with Crippen molar-refractivity contribution in [1.82, 2.24) is 4.90 Å². The van der Waals surface area contributed by atoms with Gasteiger partial charge in [-0.2, -0.15) is 0 Å². The van der Waals surface area contributed by atoms with Gasteiger partial charge in [-0.3, -0.25) is 4.79 Å². The van der Waals surface area contributed by atoms with Crippen molar-refractivity contribution in [2.45, 2.75) is 6.10 Å². The number of carbonyl (C=O) groups excluding carboxylic acids is 1. The number of fused-ring (bicyclic) bond motifs is 1. The number of carbonyl (C=O) groups is 1. The molecule has 1 aliphatic heterocycles. The number of likely N-dealkylation sites (N-methyl/N-ethyl adjacent to an activating group) is 1. The third-order valence-corrected chi connectivity index (χ3v) is 4.19. The first-order chi connectivity index (χ1) is 10.7. The van der Waals surface area contributed by atoms with Gasteiger partial charge in [0.2, 0.25) is 5.91 Å². The maximum absolute atomic E-state index is 12.1. The van der Waals surface area contributed by atoms with Gasteiger partial charge >= 0.3 is 0 Å². The van der Waals surface area contributed by atoms with Gasteiger partial charge < -0.3 is 14.4 Å². The molecule has 1 amide bonds. The summed E-state index contributed by atoms with van der Waals surface area (Å²) in [4.78, 5) is 14.8. The Morgan fingerprint density at radius 1 is 1.32 bits per heavy atom. The number of ether oxygens (including phenoxy) is 2. The zero-order valence-electron chi connectivity index (χ0n) is 12.3. The average molecular weight is 315 g/mol. The molecule has 114 valence electrons. The van der Waals surface area contributed by atoms with Crippen LogP contribution >= 0.6 is 11.3 Å². The fourth-order valence-electron chi connectivity index (χ4n) is 2.22. The number of hydrogen-bond donors (Lipinski definition) is 0. The van der Waals surface area contributed by atoms with Crippen LogP contribution in [0.4, 0.5) is 0 Å². The van der Waals surface area contributed by atoms with Gasteiger partial charge in [0.15, 0.2) is 17.6 Å². The van der Waals surface area contributed by atoms with E-state index in [4.69, 9.17) is 9.47 Å². The van der Waals surface area contributed by atoms with Crippen LogP contribution in [0, 0.1) is 0 Å². The number of rotatable bonds is 4. The Bertz CT molecular complexity index is 666. The van der Waals surface area contributed by atoms with Crippen LogP contribution in [-0.4, -0.2) is 37.1 Å². The van der Waals surface area contributed by atoms with Gasteiger partial charge in [-0.1, -0.05) is 18.2 Å². The highest BCUT2D eigenvalue weighted by atomic mass is 32.1. The molecule has 0 saturated carbocycles. The molecular weight excluding hydrogens is 298 g/mol. The summed E-state index contributed by atoms with van der Waals surface area (Å²) < 4.78 is 11.5. The van der Waals surface area contributed by atoms with Crippen LogP contribution in [-0.2, 0) is 4.79 Å². The van der Waals surface area contributed by atoms with Gasteiger partial charge in [0.25, 0.3) is 0 Å². The summed E-state index contributed by atoms with van der Waals surface area (Å²) in [6.07, 6.45) is 3.26. The van der Waals surface area contributed by atoms with Crippen molar-refractivity contribution in [3.63, 3.8) is 0 Å². The second-order valence-corrected chi connectivity index (χ2v) is 6.04. The first-order valence-electron chi connectivity index (χ1n) is 7.07. The Morgan fingerprint density at radius 3 is 2.91 bits per heavy atom. The molecule has 1 aromatic carbocycles. The number of thiophene rings is 1. The minimum Gasteiger partial charge on any atom is -0.486 e. The van der Waals surface area contributed by atoms with Crippen LogP contribution in [0.1, 0.15) is 4.88 Å². The highest BCUT2D eigenvalue weighted by molar-refractivity contribution is 7.10. The van der Waals surface area contributed by atoms with E-state index >= 15 is 0 Å². The van der Waals surface area contributed by atoms with Crippen LogP contribution in [0.5, 0.6) is 11.5 Å². The van der Waals surface area contributed by atoms with Crippen LogP contribution in [0.25, 0.3) is 6.08 Å². The Morgan fingerprint density at radius 2 is 2.14 bits per heavy atom. The summed E-state index contributed by atoms with van der Waals surface area (Å²) >= 11 is 1.60. The van der Waals surface area contributed by atoms with Crippen molar-refractivity contribution in [2.75, 3.05) is 20.2 Å². The molecule has 22 heavy (non-hydrogen) atoms. The van der Waals surface area contributed by atoms with E-state index in [1.807, 2.05) is 47.9 Å².